The van der Waals surface area contributed by atoms with Crippen LogP contribution in [0.4, 0.5) is 0 Å². The highest BCUT2D eigenvalue weighted by atomic mass is 32.1. The summed E-state index contributed by atoms with van der Waals surface area (Å²) < 4.78 is 6.19. The molecule has 0 fully saturated rings. The zero-order valence-electron chi connectivity index (χ0n) is 11.5. The van der Waals surface area contributed by atoms with E-state index in [-0.39, 0.29) is 5.91 Å². The van der Waals surface area contributed by atoms with Crippen LogP contribution >= 0.6 is 12.6 Å². The zero-order valence-corrected chi connectivity index (χ0v) is 12.4. The van der Waals surface area contributed by atoms with Crippen molar-refractivity contribution in [1.82, 2.24) is 9.88 Å². The molecule has 19 heavy (non-hydrogen) atoms. The number of carbonyl (C=O) groups is 2. The topological polar surface area (TPSA) is 60.3 Å². The molecule has 0 saturated carbocycles. The minimum atomic E-state index is 0.0121. The molecule has 1 N–H and O–H groups in total. The second-order valence-electron chi connectivity index (χ2n) is 4.23. The van der Waals surface area contributed by atoms with Crippen LogP contribution in [-0.2, 0) is 9.53 Å². The van der Waals surface area contributed by atoms with Gasteiger partial charge < -0.3 is 14.6 Å². The van der Waals surface area contributed by atoms with Gasteiger partial charge in [0, 0.05) is 6.54 Å². The summed E-state index contributed by atoms with van der Waals surface area (Å²) in [5.41, 5.74) is 1.81. The van der Waals surface area contributed by atoms with Crippen LogP contribution in [0.2, 0.25) is 0 Å². The number of thiol groups is 1. The van der Waals surface area contributed by atoms with Gasteiger partial charge in [-0.1, -0.05) is 6.92 Å². The summed E-state index contributed by atoms with van der Waals surface area (Å²) in [5.74, 6) is 0.0121. The van der Waals surface area contributed by atoms with Crippen molar-refractivity contribution in [3.8, 4) is 0 Å². The van der Waals surface area contributed by atoms with Crippen LogP contribution in [0, 0.1) is 6.92 Å². The summed E-state index contributed by atoms with van der Waals surface area (Å²) in [7, 11) is 0. The Balaban J connectivity index is 0.000000312. The highest BCUT2D eigenvalue weighted by Gasteiger charge is 2.26. The maximum Gasteiger partial charge on any atom is 0.293 e. The Bertz CT molecular complexity index is 457. The van der Waals surface area contributed by atoms with Gasteiger partial charge in [-0.05, 0) is 31.9 Å². The highest BCUT2D eigenvalue weighted by molar-refractivity contribution is 7.80. The van der Waals surface area contributed by atoms with Crippen molar-refractivity contribution in [1.29, 1.82) is 0 Å². The summed E-state index contributed by atoms with van der Waals surface area (Å²) in [6, 6.07) is 2.25. The predicted molar refractivity (Wildman–Crippen MR) is 75.8 cm³/mol. The van der Waals surface area contributed by atoms with Gasteiger partial charge >= 0.3 is 0 Å². The smallest absolute Gasteiger partial charge is 0.293 e. The van der Waals surface area contributed by atoms with E-state index in [0.29, 0.717) is 25.7 Å². The van der Waals surface area contributed by atoms with E-state index in [4.69, 9.17) is 0 Å². The minimum absolute atomic E-state index is 0.0121. The normalized spacial score (nSPS) is 16.8. The summed E-state index contributed by atoms with van der Waals surface area (Å²) in [6.45, 7) is 7.48. The largest absolute Gasteiger partial charge is 0.468 e. The number of nitrogens with zero attached hydrogens (tertiary/aromatic N) is 1. The van der Waals surface area contributed by atoms with E-state index in [2.05, 4.69) is 29.6 Å². The van der Waals surface area contributed by atoms with Gasteiger partial charge in [0.15, 0.2) is 0 Å². The fourth-order valence-electron chi connectivity index (χ4n) is 1.98. The Morgan fingerprint density at radius 3 is 2.74 bits per heavy atom. The third-order valence-corrected chi connectivity index (χ3v) is 3.56. The first-order chi connectivity index (χ1) is 9.06. The fraction of sp³-hybridized carbons (Fsp3) is 0.538. The Morgan fingerprint density at radius 2 is 2.26 bits per heavy atom. The number of fused-ring (bicyclic) bond motifs is 1. The van der Waals surface area contributed by atoms with Crippen molar-refractivity contribution in [2.45, 2.75) is 38.3 Å². The predicted octanol–water partition coefficient (Wildman–Crippen LogP) is 1.96. The summed E-state index contributed by atoms with van der Waals surface area (Å²) >= 11 is 4.44. The molecule has 106 valence electrons. The van der Waals surface area contributed by atoms with Gasteiger partial charge in [-0.25, -0.2) is 0 Å². The van der Waals surface area contributed by atoms with Gasteiger partial charge in [-0.15, -0.1) is 12.6 Å². The quantitative estimate of drug-likeness (QED) is 0.659. The van der Waals surface area contributed by atoms with Crippen LogP contribution < -0.4 is 5.32 Å². The van der Waals surface area contributed by atoms with E-state index in [0.717, 1.165) is 22.7 Å². The molecule has 0 aliphatic carbocycles. The number of aryl methyl sites for hydroxylation is 1. The van der Waals surface area contributed by atoms with Gasteiger partial charge in [0.05, 0.1) is 17.7 Å². The van der Waals surface area contributed by atoms with Crippen molar-refractivity contribution in [2.24, 2.45) is 0 Å². The van der Waals surface area contributed by atoms with Crippen LogP contribution in [-0.4, -0.2) is 30.1 Å². The molecule has 0 aromatic carbocycles. The molecule has 1 aromatic heterocycles. The number of hydrogen-bond acceptors (Lipinski definition) is 4. The SMILES string of the molecule is CCC1CNC(=O)c2cc(C)c(S)n21.CCOC=O. The maximum atomic E-state index is 11.5. The molecule has 5 nitrogen and oxygen atoms in total. The van der Waals surface area contributed by atoms with Gasteiger partial charge in [-0.2, -0.15) is 0 Å². The number of nitrogens with one attached hydrogen (secondary N) is 1. The van der Waals surface area contributed by atoms with Crippen molar-refractivity contribution in [3.63, 3.8) is 0 Å². The van der Waals surface area contributed by atoms with Crippen LogP contribution in [0.25, 0.3) is 0 Å². The van der Waals surface area contributed by atoms with Crippen molar-refractivity contribution in [2.75, 3.05) is 13.2 Å². The molecule has 0 saturated heterocycles. The van der Waals surface area contributed by atoms with E-state index < -0.39 is 0 Å². The van der Waals surface area contributed by atoms with E-state index in [1.807, 2.05) is 17.6 Å². The van der Waals surface area contributed by atoms with Crippen molar-refractivity contribution in [3.05, 3.63) is 17.3 Å². The summed E-state index contributed by atoms with van der Waals surface area (Å²) in [6.07, 6.45) is 1.01. The van der Waals surface area contributed by atoms with E-state index in [1.165, 1.54) is 0 Å². The second-order valence-corrected chi connectivity index (χ2v) is 4.65. The summed E-state index contributed by atoms with van der Waals surface area (Å²) in [4.78, 5) is 20.7. The number of aromatic nitrogens is 1. The third kappa shape index (κ3) is 3.53. The summed E-state index contributed by atoms with van der Waals surface area (Å²) in [5, 5.41) is 3.80. The van der Waals surface area contributed by atoms with Crippen LogP contribution in [0.5, 0.6) is 0 Å². The molecule has 1 unspecified atom stereocenters. The average Bonchev–Trinajstić information content (AvgIpc) is 2.70. The molecule has 1 atom stereocenters. The van der Waals surface area contributed by atoms with Gasteiger partial charge in [0.1, 0.15) is 5.69 Å². The van der Waals surface area contributed by atoms with Crippen LogP contribution in [0.3, 0.4) is 0 Å². The Labute approximate surface area is 118 Å². The first kappa shape index (κ1) is 15.6. The zero-order chi connectivity index (χ0) is 14.4. The van der Waals surface area contributed by atoms with Gasteiger partial charge in [0.2, 0.25) is 0 Å². The standard InChI is InChI=1S/C10H14N2OS.C3H6O2/c1-3-7-5-11-9(13)8-4-6(2)10(14)12(7)8;1-2-5-3-4/h4,7,14H,3,5H2,1-2H3,(H,11,13);3H,2H2,1H3. The first-order valence-corrected chi connectivity index (χ1v) is 6.75. The third-order valence-electron chi connectivity index (χ3n) is 3.00. The number of hydrogen-bond donors (Lipinski definition) is 2. The maximum absolute atomic E-state index is 11.5. The number of carbonyl (C=O) groups excluding carboxylic acids is 2. The first-order valence-electron chi connectivity index (χ1n) is 6.30. The molecule has 1 aromatic rings. The number of amides is 1. The highest BCUT2D eigenvalue weighted by Crippen LogP contribution is 2.27. The van der Waals surface area contributed by atoms with Gasteiger partial charge in [-0.3, -0.25) is 9.59 Å². The Hall–Kier alpha value is -1.43. The lowest BCUT2D eigenvalue weighted by Crippen LogP contribution is -2.38. The average molecular weight is 284 g/mol. The lowest BCUT2D eigenvalue weighted by Gasteiger charge is -2.26. The Morgan fingerprint density at radius 1 is 1.58 bits per heavy atom. The molecule has 1 aliphatic rings. The molecule has 0 radical (unpaired) electrons. The van der Waals surface area contributed by atoms with Gasteiger partial charge in [0.25, 0.3) is 12.4 Å². The van der Waals surface area contributed by atoms with E-state index in [1.54, 1.807) is 6.92 Å². The number of rotatable bonds is 3. The molecule has 2 heterocycles. The molecule has 0 spiro atoms. The van der Waals surface area contributed by atoms with Crippen LogP contribution in [0.15, 0.2) is 11.1 Å². The minimum Gasteiger partial charge on any atom is -0.468 e. The Kier molecular flexibility index (Phi) is 5.95. The van der Waals surface area contributed by atoms with E-state index >= 15 is 0 Å². The van der Waals surface area contributed by atoms with Crippen molar-refractivity contribution >= 4 is 25.0 Å². The molecular weight excluding hydrogens is 264 g/mol. The molecule has 1 amide bonds. The lowest BCUT2D eigenvalue weighted by atomic mass is 10.1. The van der Waals surface area contributed by atoms with Crippen molar-refractivity contribution < 1.29 is 14.3 Å². The lowest BCUT2D eigenvalue weighted by molar-refractivity contribution is -0.128. The second kappa shape index (κ2) is 7.23. The molecule has 6 heteroatoms. The molecule has 0 bridgehead atoms. The molecular formula is C13H20N2O3S. The molecule has 2 rings (SSSR count). The van der Waals surface area contributed by atoms with E-state index in [9.17, 15) is 9.59 Å². The molecule has 1 aliphatic heterocycles. The monoisotopic (exact) mass is 284 g/mol. The number of ether oxygens (including phenoxy) is 1. The van der Waals surface area contributed by atoms with Crippen LogP contribution in [0.1, 0.15) is 42.4 Å². The fourth-order valence-corrected chi connectivity index (χ4v) is 2.31.